The van der Waals surface area contributed by atoms with Crippen molar-refractivity contribution in [2.75, 3.05) is 6.61 Å². The molecule has 1 aromatic carbocycles. The average molecular weight is 255 g/mol. The number of aliphatic hydroxyl groups is 1. The van der Waals surface area contributed by atoms with Gasteiger partial charge in [-0.3, -0.25) is 4.79 Å². The summed E-state index contributed by atoms with van der Waals surface area (Å²) >= 11 is 5.80. The number of rotatable bonds is 2. The molecule has 0 spiro atoms. The first-order chi connectivity index (χ1) is 7.99. The van der Waals surface area contributed by atoms with Crippen LogP contribution in [0.3, 0.4) is 0 Å². The van der Waals surface area contributed by atoms with E-state index in [2.05, 4.69) is 0 Å². The van der Waals surface area contributed by atoms with Crippen molar-refractivity contribution in [3.63, 3.8) is 0 Å². The van der Waals surface area contributed by atoms with Crippen molar-refractivity contribution in [2.24, 2.45) is 0 Å². The molecule has 4 nitrogen and oxygen atoms in total. The maximum Gasteiger partial charge on any atom is 0.346 e. The maximum absolute atomic E-state index is 12.0. The van der Waals surface area contributed by atoms with Gasteiger partial charge in [-0.05, 0) is 30.7 Å². The number of hydrogen-bond donors (Lipinski definition) is 1. The molecule has 0 saturated carbocycles. The molecule has 1 aromatic rings. The second kappa shape index (κ2) is 4.13. The third-order valence-corrected chi connectivity index (χ3v) is 2.98. The molecule has 5 heteroatoms. The Morgan fingerprint density at radius 1 is 1.59 bits per heavy atom. The topological polar surface area (TPSA) is 63.6 Å². The molecule has 0 fully saturated rings. The van der Waals surface area contributed by atoms with E-state index >= 15 is 0 Å². The highest BCUT2D eigenvalue weighted by Gasteiger charge is 2.51. The molecule has 0 heterocycles. The summed E-state index contributed by atoms with van der Waals surface area (Å²) in [6.45, 7) is 1.73. The van der Waals surface area contributed by atoms with Gasteiger partial charge in [-0.1, -0.05) is 11.6 Å². The lowest BCUT2D eigenvalue weighted by molar-refractivity contribution is -0.159. The van der Waals surface area contributed by atoms with Gasteiger partial charge in [0.05, 0.1) is 6.61 Å². The number of esters is 1. The number of Topliss-reactive ketones (excluding diaryl/α,β-unsaturated/α-hetero) is 1. The first kappa shape index (κ1) is 12.1. The van der Waals surface area contributed by atoms with Crippen molar-refractivity contribution in [1.29, 1.82) is 0 Å². The third kappa shape index (κ3) is 1.83. The minimum Gasteiger partial charge on any atom is -0.463 e. The normalized spacial score (nSPS) is 22.4. The van der Waals surface area contributed by atoms with E-state index in [1.165, 1.54) is 6.07 Å². The molecule has 1 atom stereocenters. The molecule has 17 heavy (non-hydrogen) atoms. The summed E-state index contributed by atoms with van der Waals surface area (Å²) in [6, 6.07) is 4.64. The van der Waals surface area contributed by atoms with Gasteiger partial charge in [0.15, 0.2) is 0 Å². The molecule has 1 aliphatic rings. The Morgan fingerprint density at radius 3 is 2.94 bits per heavy atom. The highest BCUT2D eigenvalue weighted by molar-refractivity contribution is 6.31. The van der Waals surface area contributed by atoms with Crippen molar-refractivity contribution in [2.45, 2.75) is 18.9 Å². The summed E-state index contributed by atoms with van der Waals surface area (Å²) < 4.78 is 4.72. The van der Waals surface area contributed by atoms with Crippen LogP contribution in [-0.2, 0) is 16.0 Å². The van der Waals surface area contributed by atoms with Gasteiger partial charge in [-0.25, -0.2) is 4.79 Å². The number of fused-ring (bicyclic) bond motifs is 1. The highest BCUT2D eigenvalue weighted by Crippen LogP contribution is 2.32. The fourth-order valence-electron chi connectivity index (χ4n) is 1.92. The minimum atomic E-state index is -2.09. The quantitative estimate of drug-likeness (QED) is 0.640. The van der Waals surface area contributed by atoms with Crippen LogP contribution < -0.4 is 0 Å². The molecular weight excluding hydrogens is 244 g/mol. The van der Waals surface area contributed by atoms with Crippen molar-refractivity contribution < 1.29 is 19.4 Å². The standard InChI is InChI=1S/C12H11ClO4/c1-2-17-11(15)12(16)6-7-5-8(13)3-4-9(7)10(12)14/h3-5,16H,2,6H2,1H3. The van der Waals surface area contributed by atoms with Crippen LogP contribution in [0.2, 0.25) is 5.02 Å². The lowest BCUT2D eigenvalue weighted by Gasteiger charge is -2.17. The molecule has 0 aromatic heterocycles. The zero-order valence-electron chi connectivity index (χ0n) is 9.20. The Bertz CT molecular complexity index is 497. The molecule has 0 amide bonds. The minimum absolute atomic E-state index is 0.0828. The van der Waals surface area contributed by atoms with Crippen LogP contribution in [0.4, 0.5) is 0 Å². The number of hydrogen-bond acceptors (Lipinski definition) is 4. The predicted octanol–water partition coefficient (Wildman–Crippen LogP) is 1.37. The monoisotopic (exact) mass is 254 g/mol. The van der Waals surface area contributed by atoms with Gasteiger partial charge in [0, 0.05) is 17.0 Å². The second-order valence-electron chi connectivity index (χ2n) is 3.89. The summed E-state index contributed by atoms with van der Waals surface area (Å²) in [6.07, 6.45) is -0.0828. The fraction of sp³-hybridized carbons (Fsp3) is 0.333. The lowest BCUT2D eigenvalue weighted by atomic mass is 10.00. The fourth-order valence-corrected chi connectivity index (χ4v) is 2.12. The maximum atomic E-state index is 12.0. The number of ether oxygens (including phenoxy) is 1. The van der Waals surface area contributed by atoms with Crippen LogP contribution in [0.5, 0.6) is 0 Å². The second-order valence-corrected chi connectivity index (χ2v) is 4.32. The Kier molecular flexibility index (Phi) is 2.93. The largest absolute Gasteiger partial charge is 0.463 e. The van der Waals surface area contributed by atoms with Crippen LogP contribution in [-0.4, -0.2) is 29.1 Å². The van der Waals surface area contributed by atoms with Crippen LogP contribution >= 0.6 is 11.6 Å². The van der Waals surface area contributed by atoms with Crippen LogP contribution in [0.25, 0.3) is 0 Å². The Morgan fingerprint density at radius 2 is 2.29 bits per heavy atom. The smallest absolute Gasteiger partial charge is 0.346 e. The molecule has 2 rings (SSSR count). The highest BCUT2D eigenvalue weighted by atomic mass is 35.5. The van der Waals surface area contributed by atoms with Gasteiger partial charge in [-0.2, -0.15) is 0 Å². The van der Waals surface area contributed by atoms with Crippen LogP contribution in [0, 0.1) is 0 Å². The summed E-state index contributed by atoms with van der Waals surface area (Å²) in [5.74, 6) is -1.53. The van der Waals surface area contributed by atoms with E-state index in [1.807, 2.05) is 0 Å². The van der Waals surface area contributed by atoms with E-state index < -0.39 is 17.4 Å². The van der Waals surface area contributed by atoms with Gasteiger partial charge in [0.1, 0.15) is 0 Å². The summed E-state index contributed by atoms with van der Waals surface area (Å²) in [4.78, 5) is 23.6. The Labute approximate surface area is 103 Å². The predicted molar refractivity (Wildman–Crippen MR) is 61.1 cm³/mol. The van der Waals surface area contributed by atoms with Crippen molar-refractivity contribution in [3.8, 4) is 0 Å². The van der Waals surface area contributed by atoms with E-state index in [0.717, 1.165) is 0 Å². The molecule has 1 N–H and O–H groups in total. The lowest BCUT2D eigenvalue weighted by Crippen LogP contribution is -2.45. The van der Waals surface area contributed by atoms with Crippen molar-refractivity contribution in [1.82, 2.24) is 0 Å². The molecule has 1 unspecified atom stereocenters. The Hall–Kier alpha value is -1.39. The number of halogens is 1. The van der Waals surface area contributed by atoms with Gasteiger partial charge in [-0.15, -0.1) is 0 Å². The number of carbonyl (C=O) groups is 2. The zero-order valence-corrected chi connectivity index (χ0v) is 9.95. The first-order valence-corrected chi connectivity index (χ1v) is 5.59. The molecule has 0 saturated heterocycles. The van der Waals surface area contributed by atoms with E-state index in [9.17, 15) is 14.7 Å². The zero-order chi connectivity index (χ0) is 12.6. The van der Waals surface area contributed by atoms with Crippen LogP contribution in [0.1, 0.15) is 22.8 Å². The van der Waals surface area contributed by atoms with Crippen molar-refractivity contribution >= 4 is 23.4 Å². The molecule has 1 aliphatic carbocycles. The van der Waals surface area contributed by atoms with Gasteiger partial charge in [0.2, 0.25) is 11.4 Å². The first-order valence-electron chi connectivity index (χ1n) is 5.22. The van der Waals surface area contributed by atoms with Crippen LogP contribution in [0.15, 0.2) is 18.2 Å². The summed E-state index contributed by atoms with van der Waals surface area (Å²) in [7, 11) is 0. The van der Waals surface area contributed by atoms with Gasteiger partial charge >= 0.3 is 5.97 Å². The molecule has 90 valence electrons. The van der Waals surface area contributed by atoms with Gasteiger partial charge in [0.25, 0.3) is 0 Å². The third-order valence-electron chi connectivity index (χ3n) is 2.75. The number of carbonyl (C=O) groups excluding carboxylic acids is 2. The average Bonchev–Trinajstić information content (AvgIpc) is 2.52. The van der Waals surface area contributed by atoms with E-state index in [-0.39, 0.29) is 13.0 Å². The Balaban J connectivity index is 2.39. The number of ketones is 1. The number of benzene rings is 1. The molecule has 0 bridgehead atoms. The summed E-state index contributed by atoms with van der Waals surface area (Å²) in [5, 5.41) is 10.6. The summed E-state index contributed by atoms with van der Waals surface area (Å²) in [5.41, 5.74) is -1.20. The molecule has 0 aliphatic heterocycles. The van der Waals surface area contributed by atoms with E-state index in [1.54, 1.807) is 19.1 Å². The SMILES string of the molecule is CCOC(=O)C1(O)Cc2cc(Cl)ccc2C1=O. The molecule has 0 radical (unpaired) electrons. The molecular formula is C12H11ClO4. The van der Waals surface area contributed by atoms with E-state index in [4.69, 9.17) is 16.3 Å². The van der Waals surface area contributed by atoms with Crippen molar-refractivity contribution in [3.05, 3.63) is 34.3 Å². The van der Waals surface area contributed by atoms with E-state index in [0.29, 0.717) is 16.1 Å². The van der Waals surface area contributed by atoms with Gasteiger partial charge < -0.3 is 9.84 Å².